The fraction of sp³-hybridized carbons (Fsp3) is 0.348. The molecule has 1 saturated heterocycles. The number of amides is 4. The number of carbonyl (C=O) groups is 3. The highest BCUT2D eigenvalue weighted by molar-refractivity contribution is 6.08. The van der Waals surface area contributed by atoms with Gasteiger partial charge >= 0.3 is 6.03 Å². The highest BCUT2D eigenvalue weighted by Gasteiger charge is 2.48. The molecule has 0 aliphatic carbocycles. The second-order valence-electron chi connectivity index (χ2n) is 7.91. The van der Waals surface area contributed by atoms with Crippen LogP contribution in [0.25, 0.3) is 0 Å². The van der Waals surface area contributed by atoms with Crippen LogP contribution in [0, 0.1) is 0 Å². The van der Waals surface area contributed by atoms with Gasteiger partial charge in [0.2, 0.25) is 12.7 Å². The molecular weight excluding hydrogens is 398 g/mol. The number of hydrogen-bond acceptors (Lipinski definition) is 5. The topological polar surface area (TPSA) is 88.2 Å². The molecule has 1 N–H and O–H groups in total. The molecule has 2 aliphatic heterocycles. The number of nitrogens with zero attached hydrogens (tertiary/aromatic N) is 2. The highest BCUT2D eigenvalue weighted by Crippen LogP contribution is 2.34. The van der Waals surface area contributed by atoms with Crippen LogP contribution in [0.3, 0.4) is 0 Å². The third-order valence-corrected chi connectivity index (χ3v) is 5.58. The maximum absolute atomic E-state index is 13.1. The Hall–Kier alpha value is -3.55. The van der Waals surface area contributed by atoms with Crippen molar-refractivity contribution in [1.29, 1.82) is 0 Å². The summed E-state index contributed by atoms with van der Waals surface area (Å²) in [5.74, 6) is 0.576. The van der Waals surface area contributed by atoms with Crippen LogP contribution in [-0.2, 0) is 22.6 Å². The van der Waals surface area contributed by atoms with Gasteiger partial charge in [0.25, 0.3) is 5.91 Å². The van der Waals surface area contributed by atoms with E-state index < -0.39 is 17.5 Å². The number of nitrogens with one attached hydrogen (secondary N) is 1. The quantitative estimate of drug-likeness (QED) is 0.691. The van der Waals surface area contributed by atoms with Gasteiger partial charge in [-0.1, -0.05) is 36.4 Å². The van der Waals surface area contributed by atoms with Crippen LogP contribution >= 0.6 is 0 Å². The maximum atomic E-state index is 13.1. The average molecular weight is 423 g/mol. The van der Waals surface area contributed by atoms with Crippen molar-refractivity contribution >= 4 is 17.8 Å². The van der Waals surface area contributed by atoms with Gasteiger partial charge in [0.05, 0.1) is 0 Å². The van der Waals surface area contributed by atoms with Crippen molar-refractivity contribution in [2.24, 2.45) is 0 Å². The van der Waals surface area contributed by atoms with Gasteiger partial charge in [0.15, 0.2) is 11.5 Å². The third-order valence-electron chi connectivity index (χ3n) is 5.58. The lowest BCUT2D eigenvalue weighted by atomic mass is 9.92. The molecule has 0 unspecified atom stereocenters. The molecule has 31 heavy (non-hydrogen) atoms. The molecule has 2 aliphatic rings. The number of imide groups is 1. The second kappa shape index (κ2) is 8.29. The summed E-state index contributed by atoms with van der Waals surface area (Å²) in [7, 11) is 0. The molecule has 2 aromatic rings. The van der Waals surface area contributed by atoms with Gasteiger partial charge in [-0.15, -0.1) is 0 Å². The van der Waals surface area contributed by atoms with Crippen LogP contribution in [-0.4, -0.2) is 53.1 Å². The molecule has 162 valence electrons. The molecule has 0 saturated carbocycles. The Labute approximate surface area is 180 Å². The van der Waals surface area contributed by atoms with Crippen molar-refractivity contribution in [3.05, 3.63) is 59.7 Å². The summed E-state index contributed by atoms with van der Waals surface area (Å²) in [6.07, 6.45) is 0.278. The van der Waals surface area contributed by atoms with Gasteiger partial charge in [-0.25, -0.2) is 4.79 Å². The molecule has 4 amide bonds. The summed E-state index contributed by atoms with van der Waals surface area (Å²) in [6, 6.07) is 14.5. The summed E-state index contributed by atoms with van der Waals surface area (Å²) in [5.41, 5.74) is 0.678. The zero-order valence-electron chi connectivity index (χ0n) is 17.6. The van der Waals surface area contributed by atoms with Crippen LogP contribution < -0.4 is 14.8 Å². The Kier molecular flexibility index (Phi) is 5.54. The Morgan fingerprint density at radius 1 is 1.10 bits per heavy atom. The fourth-order valence-corrected chi connectivity index (χ4v) is 3.89. The molecule has 0 aromatic heterocycles. The minimum absolute atomic E-state index is 0.165. The van der Waals surface area contributed by atoms with Gasteiger partial charge in [0, 0.05) is 19.5 Å². The van der Waals surface area contributed by atoms with Gasteiger partial charge < -0.3 is 19.7 Å². The van der Waals surface area contributed by atoms with Crippen LogP contribution in [0.5, 0.6) is 11.5 Å². The number of rotatable bonds is 7. The number of benzene rings is 2. The molecule has 0 bridgehead atoms. The van der Waals surface area contributed by atoms with Crippen molar-refractivity contribution < 1.29 is 23.9 Å². The van der Waals surface area contributed by atoms with Gasteiger partial charge in [-0.05, 0) is 37.1 Å². The van der Waals surface area contributed by atoms with Gasteiger partial charge in [-0.3, -0.25) is 14.5 Å². The zero-order chi connectivity index (χ0) is 22.0. The average Bonchev–Trinajstić information content (AvgIpc) is 3.30. The molecule has 0 spiro atoms. The van der Waals surface area contributed by atoms with Gasteiger partial charge in [-0.2, -0.15) is 0 Å². The number of urea groups is 1. The number of fused-ring (bicyclic) bond motifs is 1. The first kappa shape index (κ1) is 20.7. The summed E-state index contributed by atoms with van der Waals surface area (Å²) >= 11 is 0. The van der Waals surface area contributed by atoms with Crippen molar-refractivity contribution in [2.75, 3.05) is 19.9 Å². The molecule has 0 radical (unpaired) electrons. The minimum Gasteiger partial charge on any atom is -0.454 e. The fourth-order valence-electron chi connectivity index (χ4n) is 3.89. The Balaban J connectivity index is 1.44. The normalized spacial score (nSPS) is 19.5. The summed E-state index contributed by atoms with van der Waals surface area (Å²) in [6.45, 7) is 4.32. The van der Waals surface area contributed by atoms with E-state index in [4.69, 9.17) is 9.47 Å². The molecular formula is C23H25N3O5. The van der Waals surface area contributed by atoms with Gasteiger partial charge in [0.1, 0.15) is 12.1 Å². The zero-order valence-corrected chi connectivity index (χ0v) is 17.6. The summed E-state index contributed by atoms with van der Waals surface area (Å²) < 4.78 is 10.7. The molecule has 1 atom stereocenters. The number of likely N-dealkylation sites (N-methyl/N-ethyl adjacent to an activating group) is 1. The smallest absolute Gasteiger partial charge is 0.325 e. The first-order chi connectivity index (χ1) is 14.9. The number of carbonyl (C=O) groups excluding carboxylic acids is 3. The van der Waals surface area contributed by atoms with Crippen molar-refractivity contribution in [1.82, 2.24) is 15.1 Å². The largest absolute Gasteiger partial charge is 0.454 e. The van der Waals surface area contributed by atoms with E-state index >= 15 is 0 Å². The Morgan fingerprint density at radius 2 is 1.84 bits per heavy atom. The first-order valence-electron chi connectivity index (χ1n) is 10.2. The standard InChI is InChI=1S/C23H25N3O5/c1-3-25(13-16-7-5-4-6-8-16)20(27)14-26-21(28)23(2,24-22(26)29)12-17-9-10-18-19(11-17)31-15-30-18/h4-11H,3,12-15H2,1-2H3,(H,24,29)/t23-/m1/s1. The number of ether oxygens (including phenoxy) is 2. The van der Waals surface area contributed by atoms with Crippen molar-refractivity contribution in [3.8, 4) is 11.5 Å². The summed E-state index contributed by atoms with van der Waals surface area (Å²) in [4.78, 5) is 41.1. The van der Waals surface area contributed by atoms with E-state index in [1.807, 2.05) is 43.3 Å². The van der Waals surface area contributed by atoms with Crippen LogP contribution in [0.1, 0.15) is 25.0 Å². The molecule has 2 heterocycles. The summed E-state index contributed by atoms with van der Waals surface area (Å²) in [5, 5.41) is 2.75. The van der Waals surface area contributed by atoms with Crippen molar-refractivity contribution in [3.63, 3.8) is 0 Å². The molecule has 1 fully saturated rings. The van der Waals surface area contributed by atoms with E-state index in [2.05, 4.69) is 5.32 Å². The minimum atomic E-state index is -1.14. The lowest BCUT2D eigenvalue weighted by molar-refractivity contribution is -0.139. The van der Waals surface area contributed by atoms with E-state index in [0.717, 1.165) is 16.0 Å². The first-order valence-corrected chi connectivity index (χ1v) is 10.2. The SMILES string of the molecule is CCN(Cc1ccccc1)C(=O)CN1C(=O)N[C@](C)(Cc2ccc3c(c2)OCO3)C1=O. The van der Waals surface area contributed by atoms with E-state index in [-0.39, 0.29) is 25.7 Å². The highest BCUT2D eigenvalue weighted by atomic mass is 16.7. The van der Waals surface area contributed by atoms with E-state index in [0.29, 0.717) is 24.6 Å². The van der Waals surface area contributed by atoms with Crippen LogP contribution in [0.15, 0.2) is 48.5 Å². The Morgan fingerprint density at radius 3 is 2.58 bits per heavy atom. The number of hydrogen-bond donors (Lipinski definition) is 1. The van der Waals surface area contributed by atoms with Crippen LogP contribution in [0.4, 0.5) is 4.79 Å². The predicted octanol–water partition coefficient (Wildman–Crippen LogP) is 2.32. The molecule has 4 rings (SSSR count). The third kappa shape index (κ3) is 4.19. The predicted molar refractivity (Wildman–Crippen MR) is 112 cm³/mol. The lowest BCUT2D eigenvalue weighted by Crippen LogP contribution is -2.47. The Bertz CT molecular complexity index is 1010. The molecule has 8 heteroatoms. The van der Waals surface area contributed by atoms with Crippen LogP contribution in [0.2, 0.25) is 0 Å². The van der Waals surface area contributed by atoms with E-state index in [9.17, 15) is 14.4 Å². The lowest BCUT2D eigenvalue weighted by Gasteiger charge is -2.24. The molecule has 8 nitrogen and oxygen atoms in total. The second-order valence-corrected chi connectivity index (χ2v) is 7.91. The van der Waals surface area contributed by atoms with E-state index in [1.54, 1.807) is 24.0 Å². The maximum Gasteiger partial charge on any atom is 0.325 e. The molecule has 2 aromatic carbocycles. The van der Waals surface area contributed by atoms with Crippen molar-refractivity contribution in [2.45, 2.75) is 32.4 Å². The monoisotopic (exact) mass is 423 g/mol. The van der Waals surface area contributed by atoms with E-state index in [1.165, 1.54) is 0 Å².